The molecule has 1 amide bonds. The lowest BCUT2D eigenvalue weighted by Gasteiger charge is -2.36. The van der Waals surface area contributed by atoms with Crippen LogP contribution in [0.5, 0.6) is 5.75 Å². The fraction of sp³-hybridized carbons (Fsp3) is 0.316. The van der Waals surface area contributed by atoms with Gasteiger partial charge in [-0.05, 0) is 43.5 Å². The molecule has 2 aromatic rings. The third-order valence-corrected chi connectivity index (χ3v) is 4.33. The summed E-state index contributed by atoms with van der Waals surface area (Å²) >= 11 is 0. The molecule has 0 saturated carbocycles. The number of amides is 1. The highest BCUT2D eigenvalue weighted by Gasteiger charge is 2.24. The minimum absolute atomic E-state index is 0.0122. The number of ether oxygens (including phenoxy) is 1. The van der Waals surface area contributed by atoms with E-state index < -0.39 is 0 Å². The van der Waals surface area contributed by atoms with E-state index in [-0.39, 0.29) is 5.91 Å². The fourth-order valence-corrected chi connectivity index (χ4v) is 3.06. The van der Waals surface area contributed by atoms with Crippen LogP contribution in [0.1, 0.15) is 18.9 Å². The summed E-state index contributed by atoms with van der Waals surface area (Å²) in [7, 11) is 1.62. The van der Waals surface area contributed by atoms with Crippen LogP contribution in [0.15, 0.2) is 48.5 Å². The van der Waals surface area contributed by atoms with Crippen LogP contribution in [0.2, 0.25) is 0 Å². The molecule has 0 bridgehead atoms. The predicted octanol–water partition coefficient (Wildman–Crippen LogP) is 3.48. The van der Waals surface area contributed by atoms with Crippen molar-refractivity contribution < 1.29 is 9.53 Å². The highest BCUT2D eigenvalue weighted by Crippen LogP contribution is 2.30. The lowest BCUT2D eigenvalue weighted by Crippen LogP contribution is -2.42. The van der Waals surface area contributed by atoms with Crippen molar-refractivity contribution in [1.82, 2.24) is 0 Å². The number of hydrogen-bond donors (Lipinski definition) is 1. The molecule has 1 atom stereocenters. The average Bonchev–Trinajstić information content (AvgIpc) is 2.57. The molecule has 0 saturated heterocycles. The molecule has 23 heavy (non-hydrogen) atoms. The maximum absolute atomic E-state index is 12.4. The summed E-state index contributed by atoms with van der Waals surface area (Å²) in [5.41, 5.74) is 3.25. The van der Waals surface area contributed by atoms with Gasteiger partial charge in [0.05, 0.1) is 13.7 Å². The van der Waals surface area contributed by atoms with Crippen LogP contribution < -0.4 is 15.0 Å². The van der Waals surface area contributed by atoms with E-state index in [0.29, 0.717) is 12.6 Å². The Labute approximate surface area is 137 Å². The molecule has 120 valence electrons. The minimum Gasteiger partial charge on any atom is -0.497 e. The van der Waals surface area contributed by atoms with E-state index in [2.05, 4.69) is 35.3 Å². The van der Waals surface area contributed by atoms with Crippen molar-refractivity contribution >= 4 is 17.3 Å². The maximum atomic E-state index is 12.4. The smallest absolute Gasteiger partial charge is 0.243 e. The summed E-state index contributed by atoms with van der Waals surface area (Å²) in [4.78, 5) is 14.6. The molecule has 0 aliphatic carbocycles. The van der Waals surface area contributed by atoms with Gasteiger partial charge in [0.2, 0.25) is 5.91 Å². The molecule has 1 unspecified atom stereocenters. The Balaban J connectivity index is 1.72. The normalized spacial score (nSPS) is 16.6. The van der Waals surface area contributed by atoms with Crippen LogP contribution in [0.3, 0.4) is 0 Å². The van der Waals surface area contributed by atoms with Crippen LogP contribution in [-0.4, -0.2) is 25.6 Å². The van der Waals surface area contributed by atoms with E-state index in [9.17, 15) is 4.79 Å². The number of benzene rings is 2. The summed E-state index contributed by atoms with van der Waals surface area (Å²) in [5.74, 6) is 0.723. The molecule has 3 rings (SSSR count). The van der Waals surface area contributed by atoms with Crippen LogP contribution in [0.25, 0.3) is 0 Å². The quantitative estimate of drug-likeness (QED) is 0.940. The van der Waals surface area contributed by atoms with Crippen molar-refractivity contribution in [2.24, 2.45) is 0 Å². The van der Waals surface area contributed by atoms with Crippen LogP contribution in [0, 0.1) is 0 Å². The number of anilines is 2. The van der Waals surface area contributed by atoms with E-state index >= 15 is 0 Å². The van der Waals surface area contributed by atoms with Gasteiger partial charge in [-0.1, -0.05) is 24.3 Å². The van der Waals surface area contributed by atoms with Crippen molar-refractivity contribution in [2.45, 2.75) is 25.8 Å². The van der Waals surface area contributed by atoms with Gasteiger partial charge < -0.3 is 15.0 Å². The Hall–Kier alpha value is -2.49. The summed E-state index contributed by atoms with van der Waals surface area (Å²) in [6, 6.07) is 16.1. The summed E-state index contributed by atoms with van der Waals surface area (Å²) in [6.07, 6.45) is 2.15. The van der Waals surface area contributed by atoms with E-state index in [0.717, 1.165) is 24.3 Å². The summed E-state index contributed by atoms with van der Waals surface area (Å²) in [6.45, 7) is 2.53. The van der Waals surface area contributed by atoms with Crippen molar-refractivity contribution in [3.63, 3.8) is 0 Å². The zero-order valence-electron chi connectivity index (χ0n) is 13.6. The van der Waals surface area contributed by atoms with Gasteiger partial charge in [0.1, 0.15) is 5.75 Å². The molecule has 4 nitrogen and oxygen atoms in total. The molecular weight excluding hydrogens is 288 g/mol. The Bertz CT molecular complexity index is 699. The van der Waals surface area contributed by atoms with Gasteiger partial charge in [-0.15, -0.1) is 0 Å². The van der Waals surface area contributed by atoms with E-state index in [1.165, 1.54) is 11.3 Å². The van der Waals surface area contributed by atoms with Gasteiger partial charge in [0.15, 0.2) is 0 Å². The summed E-state index contributed by atoms with van der Waals surface area (Å²) in [5, 5.41) is 2.95. The second-order valence-corrected chi connectivity index (χ2v) is 5.92. The number of aryl methyl sites for hydroxylation is 1. The van der Waals surface area contributed by atoms with Crippen molar-refractivity contribution in [3.8, 4) is 5.75 Å². The van der Waals surface area contributed by atoms with Gasteiger partial charge in [-0.3, -0.25) is 4.79 Å². The monoisotopic (exact) mass is 310 g/mol. The van der Waals surface area contributed by atoms with E-state index in [4.69, 9.17) is 4.74 Å². The predicted molar refractivity (Wildman–Crippen MR) is 93.2 cm³/mol. The number of fused-ring (bicyclic) bond motifs is 1. The lowest BCUT2D eigenvalue weighted by atomic mass is 9.96. The van der Waals surface area contributed by atoms with Crippen LogP contribution in [-0.2, 0) is 11.2 Å². The molecule has 0 aromatic heterocycles. The molecule has 0 radical (unpaired) electrons. The molecule has 0 fully saturated rings. The first kappa shape index (κ1) is 15.4. The fourth-order valence-electron chi connectivity index (χ4n) is 3.06. The zero-order chi connectivity index (χ0) is 16.2. The first-order valence-corrected chi connectivity index (χ1v) is 7.96. The molecular formula is C19H22N2O2. The molecule has 2 aromatic carbocycles. The first-order chi connectivity index (χ1) is 11.2. The Kier molecular flexibility index (Phi) is 4.51. The molecule has 1 aliphatic heterocycles. The highest BCUT2D eigenvalue weighted by atomic mass is 16.5. The largest absolute Gasteiger partial charge is 0.497 e. The number of methoxy groups -OCH3 is 1. The molecule has 1 N–H and O–H groups in total. The zero-order valence-corrected chi connectivity index (χ0v) is 13.6. The number of para-hydroxylation sites is 1. The standard InChI is InChI=1S/C19H22N2O2/c1-14-10-11-15-6-3-4-9-18(15)21(14)13-19(22)20-16-7-5-8-17(12-16)23-2/h3-9,12,14H,10-11,13H2,1-2H3,(H,20,22). The topological polar surface area (TPSA) is 41.6 Å². The number of rotatable bonds is 4. The Morgan fingerprint density at radius 1 is 1.26 bits per heavy atom. The number of nitrogens with one attached hydrogen (secondary N) is 1. The Morgan fingerprint density at radius 2 is 2.09 bits per heavy atom. The lowest BCUT2D eigenvalue weighted by molar-refractivity contribution is -0.115. The first-order valence-electron chi connectivity index (χ1n) is 7.96. The van der Waals surface area contributed by atoms with E-state index in [1.807, 2.05) is 30.3 Å². The number of carbonyl (C=O) groups is 1. The van der Waals surface area contributed by atoms with Gasteiger partial charge in [0.25, 0.3) is 0 Å². The maximum Gasteiger partial charge on any atom is 0.243 e. The third kappa shape index (κ3) is 3.47. The molecule has 1 aliphatic rings. The van der Waals surface area contributed by atoms with E-state index in [1.54, 1.807) is 7.11 Å². The van der Waals surface area contributed by atoms with Gasteiger partial charge in [0, 0.05) is 23.5 Å². The third-order valence-electron chi connectivity index (χ3n) is 4.33. The van der Waals surface area contributed by atoms with Crippen molar-refractivity contribution in [1.29, 1.82) is 0 Å². The second-order valence-electron chi connectivity index (χ2n) is 5.92. The van der Waals surface area contributed by atoms with Crippen molar-refractivity contribution in [3.05, 3.63) is 54.1 Å². The minimum atomic E-state index is -0.0122. The van der Waals surface area contributed by atoms with Gasteiger partial charge >= 0.3 is 0 Å². The number of nitrogens with zero attached hydrogens (tertiary/aromatic N) is 1. The van der Waals surface area contributed by atoms with Gasteiger partial charge in [-0.25, -0.2) is 0 Å². The van der Waals surface area contributed by atoms with Crippen molar-refractivity contribution in [2.75, 3.05) is 23.9 Å². The SMILES string of the molecule is COc1cccc(NC(=O)CN2c3ccccc3CCC2C)c1. The summed E-state index contributed by atoms with van der Waals surface area (Å²) < 4.78 is 5.19. The Morgan fingerprint density at radius 3 is 2.91 bits per heavy atom. The number of hydrogen-bond acceptors (Lipinski definition) is 3. The van der Waals surface area contributed by atoms with Gasteiger partial charge in [-0.2, -0.15) is 0 Å². The number of carbonyl (C=O) groups excluding carboxylic acids is 1. The molecule has 4 heteroatoms. The second kappa shape index (κ2) is 6.73. The average molecular weight is 310 g/mol. The van der Waals surface area contributed by atoms with Crippen LogP contribution >= 0.6 is 0 Å². The molecule has 0 spiro atoms. The molecule has 1 heterocycles. The highest BCUT2D eigenvalue weighted by molar-refractivity contribution is 5.94. The van der Waals surface area contributed by atoms with Crippen LogP contribution in [0.4, 0.5) is 11.4 Å².